The predicted octanol–water partition coefficient (Wildman–Crippen LogP) is 3.84. The number of hydrogen-bond acceptors (Lipinski definition) is 9. The Morgan fingerprint density at radius 2 is 1.70 bits per heavy atom. The molecular weight excluding hydrogens is 486 g/mol. The SMILES string of the molecule is COC(=O)[C@@H]1Cc2ccc([N+](=O)[O-])cc2N1C(=O)c1cc(OC)c(OCc2ccccc2)cc1[N+](=O)[O-]. The molecule has 1 atom stereocenters. The Morgan fingerprint density at radius 1 is 0.973 bits per heavy atom. The second-order valence-corrected chi connectivity index (χ2v) is 8.04. The number of nitro groups is 2. The molecule has 0 aliphatic carbocycles. The first kappa shape index (κ1) is 25.1. The van der Waals surface area contributed by atoms with Crippen LogP contribution in [0.4, 0.5) is 17.1 Å². The molecular formula is C25H21N3O9. The van der Waals surface area contributed by atoms with Crippen molar-refractivity contribution in [2.45, 2.75) is 19.1 Å². The van der Waals surface area contributed by atoms with E-state index in [-0.39, 0.29) is 41.5 Å². The topological polar surface area (TPSA) is 151 Å². The van der Waals surface area contributed by atoms with Crippen LogP contribution in [0.25, 0.3) is 0 Å². The summed E-state index contributed by atoms with van der Waals surface area (Å²) < 4.78 is 15.9. The summed E-state index contributed by atoms with van der Waals surface area (Å²) in [7, 11) is 2.46. The van der Waals surface area contributed by atoms with E-state index in [1.54, 1.807) is 0 Å². The van der Waals surface area contributed by atoms with E-state index in [0.29, 0.717) is 5.56 Å². The van der Waals surface area contributed by atoms with Gasteiger partial charge in [-0.3, -0.25) is 29.9 Å². The number of esters is 1. The predicted molar refractivity (Wildman–Crippen MR) is 130 cm³/mol. The lowest BCUT2D eigenvalue weighted by molar-refractivity contribution is -0.385. The molecule has 0 saturated carbocycles. The summed E-state index contributed by atoms with van der Waals surface area (Å²) in [6.45, 7) is 0.0925. The van der Waals surface area contributed by atoms with Crippen LogP contribution in [0.2, 0.25) is 0 Å². The normalized spacial score (nSPS) is 14.0. The van der Waals surface area contributed by atoms with Gasteiger partial charge in [0.25, 0.3) is 17.3 Å². The first-order valence-electron chi connectivity index (χ1n) is 11.0. The van der Waals surface area contributed by atoms with Crippen LogP contribution in [0, 0.1) is 20.2 Å². The van der Waals surface area contributed by atoms with Crippen molar-refractivity contribution in [3.63, 3.8) is 0 Å². The van der Waals surface area contributed by atoms with Crippen LogP contribution >= 0.6 is 0 Å². The molecule has 1 aliphatic heterocycles. The summed E-state index contributed by atoms with van der Waals surface area (Å²) in [4.78, 5) is 49.2. The third-order valence-corrected chi connectivity index (χ3v) is 5.90. The van der Waals surface area contributed by atoms with Gasteiger partial charge in [0.15, 0.2) is 11.5 Å². The van der Waals surface area contributed by atoms with Crippen molar-refractivity contribution < 1.29 is 33.6 Å². The Balaban J connectivity index is 1.78. The molecule has 3 aromatic rings. The molecule has 12 nitrogen and oxygen atoms in total. The maximum Gasteiger partial charge on any atom is 0.329 e. The average Bonchev–Trinajstić information content (AvgIpc) is 3.29. The van der Waals surface area contributed by atoms with Crippen molar-refractivity contribution in [3.8, 4) is 11.5 Å². The van der Waals surface area contributed by atoms with E-state index in [4.69, 9.17) is 14.2 Å². The number of methoxy groups -OCH3 is 2. The first-order chi connectivity index (χ1) is 17.7. The second-order valence-electron chi connectivity index (χ2n) is 8.04. The van der Waals surface area contributed by atoms with E-state index in [0.717, 1.165) is 35.8 Å². The van der Waals surface area contributed by atoms with Crippen molar-refractivity contribution in [1.82, 2.24) is 0 Å². The second kappa shape index (κ2) is 10.3. The van der Waals surface area contributed by atoms with Gasteiger partial charge in [-0.15, -0.1) is 0 Å². The van der Waals surface area contributed by atoms with Crippen LogP contribution in [-0.2, 0) is 22.6 Å². The van der Waals surface area contributed by atoms with Gasteiger partial charge in [-0.2, -0.15) is 0 Å². The third-order valence-electron chi connectivity index (χ3n) is 5.90. The van der Waals surface area contributed by atoms with Gasteiger partial charge < -0.3 is 14.2 Å². The zero-order valence-corrected chi connectivity index (χ0v) is 19.8. The number of ether oxygens (including phenoxy) is 3. The minimum absolute atomic E-state index is 0.0228. The highest BCUT2D eigenvalue weighted by atomic mass is 16.6. The molecule has 37 heavy (non-hydrogen) atoms. The Labute approximate surface area is 210 Å². The summed E-state index contributed by atoms with van der Waals surface area (Å²) in [6.07, 6.45) is 0.0228. The molecule has 0 spiro atoms. The minimum atomic E-state index is -1.17. The van der Waals surface area contributed by atoms with Gasteiger partial charge >= 0.3 is 5.97 Å². The molecule has 1 amide bonds. The van der Waals surface area contributed by atoms with Crippen LogP contribution in [0.15, 0.2) is 60.7 Å². The number of anilines is 1. The van der Waals surface area contributed by atoms with Crippen LogP contribution < -0.4 is 14.4 Å². The Bertz CT molecular complexity index is 1390. The van der Waals surface area contributed by atoms with Gasteiger partial charge in [-0.25, -0.2) is 4.79 Å². The molecule has 0 N–H and O–H groups in total. The van der Waals surface area contributed by atoms with E-state index < -0.39 is 33.5 Å². The number of hydrogen-bond donors (Lipinski definition) is 0. The monoisotopic (exact) mass is 507 g/mol. The maximum atomic E-state index is 13.8. The molecule has 0 saturated heterocycles. The van der Waals surface area contributed by atoms with Gasteiger partial charge in [-0.1, -0.05) is 36.4 Å². The highest BCUT2D eigenvalue weighted by Crippen LogP contribution is 2.40. The van der Waals surface area contributed by atoms with Crippen LogP contribution in [0.5, 0.6) is 11.5 Å². The molecule has 1 heterocycles. The number of fused-ring (bicyclic) bond motifs is 1. The highest BCUT2D eigenvalue weighted by Gasteiger charge is 2.42. The molecule has 0 bridgehead atoms. The van der Waals surface area contributed by atoms with E-state index in [2.05, 4.69) is 0 Å². The third kappa shape index (κ3) is 4.89. The molecule has 0 radical (unpaired) electrons. The summed E-state index contributed by atoms with van der Waals surface area (Å²) >= 11 is 0. The van der Waals surface area contributed by atoms with Crippen molar-refractivity contribution in [2.24, 2.45) is 0 Å². The standard InChI is InChI=1S/C25H21N3O9/c1-35-22-12-18(20(28(33)34)13-23(22)37-14-15-6-4-3-5-7-15)24(29)26-19-11-17(27(31)32)9-8-16(19)10-21(26)25(30)36-2/h3-9,11-13,21H,10,14H2,1-2H3/t21-/m0/s1. The fraction of sp³-hybridized carbons (Fsp3) is 0.200. The minimum Gasteiger partial charge on any atom is -0.493 e. The number of carbonyl (C=O) groups is 2. The number of nitrogens with zero attached hydrogens (tertiary/aromatic N) is 3. The summed E-state index contributed by atoms with van der Waals surface area (Å²) in [6, 6.07) is 14.0. The molecule has 4 rings (SSSR count). The zero-order chi connectivity index (χ0) is 26.7. The van der Waals surface area contributed by atoms with Crippen LogP contribution in [0.1, 0.15) is 21.5 Å². The molecule has 0 fully saturated rings. The number of amides is 1. The fourth-order valence-electron chi connectivity index (χ4n) is 4.11. The quantitative estimate of drug-likeness (QED) is 0.251. The van der Waals surface area contributed by atoms with Crippen molar-refractivity contribution in [1.29, 1.82) is 0 Å². The largest absolute Gasteiger partial charge is 0.493 e. The lowest BCUT2D eigenvalue weighted by Crippen LogP contribution is -2.43. The van der Waals surface area contributed by atoms with Crippen molar-refractivity contribution in [3.05, 3.63) is 97.6 Å². The highest BCUT2D eigenvalue weighted by molar-refractivity contribution is 6.13. The molecule has 190 valence electrons. The number of benzene rings is 3. The van der Waals surface area contributed by atoms with Gasteiger partial charge in [0, 0.05) is 24.6 Å². The van der Waals surface area contributed by atoms with Gasteiger partial charge in [0.1, 0.15) is 18.2 Å². The smallest absolute Gasteiger partial charge is 0.329 e. The average molecular weight is 507 g/mol. The zero-order valence-electron chi connectivity index (χ0n) is 19.8. The number of carbonyl (C=O) groups excluding carboxylic acids is 2. The molecule has 0 aromatic heterocycles. The Morgan fingerprint density at radius 3 is 2.32 bits per heavy atom. The first-order valence-corrected chi connectivity index (χ1v) is 11.0. The summed E-state index contributed by atoms with van der Waals surface area (Å²) in [5.41, 5.74) is 0.0972. The van der Waals surface area contributed by atoms with Crippen molar-refractivity contribution >= 4 is 28.9 Å². The van der Waals surface area contributed by atoms with Crippen LogP contribution in [0.3, 0.4) is 0 Å². The number of nitro benzene ring substituents is 2. The van der Waals surface area contributed by atoms with Gasteiger partial charge in [-0.05, 0) is 11.1 Å². The molecule has 0 unspecified atom stereocenters. The van der Waals surface area contributed by atoms with Gasteiger partial charge in [0.05, 0.1) is 35.8 Å². The van der Waals surface area contributed by atoms with E-state index in [1.807, 2.05) is 30.3 Å². The van der Waals surface area contributed by atoms with Crippen LogP contribution in [-0.4, -0.2) is 42.0 Å². The summed E-state index contributed by atoms with van der Waals surface area (Å²) in [5, 5.41) is 23.3. The molecule has 3 aromatic carbocycles. The van der Waals surface area contributed by atoms with E-state index in [9.17, 15) is 29.8 Å². The lowest BCUT2D eigenvalue weighted by Gasteiger charge is -2.24. The number of rotatable bonds is 8. The molecule has 1 aliphatic rings. The maximum absolute atomic E-state index is 13.8. The summed E-state index contributed by atoms with van der Waals surface area (Å²) in [5.74, 6) is -1.60. The number of non-ortho nitro benzene ring substituents is 1. The lowest BCUT2D eigenvalue weighted by atomic mass is 10.1. The fourth-order valence-corrected chi connectivity index (χ4v) is 4.11. The van der Waals surface area contributed by atoms with E-state index in [1.165, 1.54) is 19.2 Å². The van der Waals surface area contributed by atoms with Gasteiger partial charge in [0.2, 0.25) is 0 Å². The molecule has 12 heteroatoms. The Hall–Kier alpha value is -5.00. The van der Waals surface area contributed by atoms with Crippen molar-refractivity contribution in [2.75, 3.05) is 19.1 Å². The Kier molecular flexibility index (Phi) is 7.00. The van der Waals surface area contributed by atoms with E-state index >= 15 is 0 Å².